The number of hydrogen-bond acceptors (Lipinski definition) is 3. The van der Waals surface area contributed by atoms with Crippen LogP contribution in [0.4, 0.5) is 11.4 Å². The highest BCUT2D eigenvalue weighted by molar-refractivity contribution is 9.10. The minimum atomic E-state index is 0.608. The Morgan fingerprint density at radius 3 is 2.59 bits per heavy atom. The van der Waals surface area contributed by atoms with Gasteiger partial charge < -0.3 is 16.0 Å². The molecule has 0 fully saturated rings. The van der Waals surface area contributed by atoms with Gasteiger partial charge in [0.1, 0.15) is 0 Å². The molecule has 3 N–H and O–H groups in total. The lowest BCUT2D eigenvalue weighted by atomic mass is 10.1. The standard InChI is InChI=1S/C20H20BrClN4S/c1-12-9-14(21)10-13(2)19(12)26-20(27)25-8-7-24-17-5-6-23-18-11-15(22)3-4-16(17)18/h3-6,9-11H,7-8H2,1-2H3,(H,23,24)(H2,25,26,27). The van der Waals surface area contributed by atoms with Crippen molar-refractivity contribution in [2.75, 3.05) is 23.7 Å². The predicted octanol–water partition coefficient (Wildman–Crippen LogP) is 5.67. The van der Waals surface area contributed by atoms with Gasteiger partial charge in [-0.05, 0) is 73.6 Å². The number of anilines is 2. The molecule has 0 aliphatic rings. The third kappa shape index (κ3) is 5.09. The minimum absolute atomic E-state index is 0.608. The molecule has 7 heteroatoms. The van der Waals surface area contributed by atoms with Gasteiger partial charge in [-0.3, -0.25) is 4.98 Å². The Kier molecular flexibility index (Phi) is 6.52. The predicted molar refractivity (Wildman–Crippen MR) is 123 cm³/mol. The first-order chi connectivity index (χ1) is 12.9. The molecule has 27 heavy (non-hydrogen) atoms. The van der Waals surface area contributed by atoms with Crippen LogP contribution in [0.25, 0.3) is 10.9 Å². The SMILES string of the molecule is Cc1cc(Br)cc(C)c1NC(=S)NCCNc1ccnc2cc(Cl)ccc12. The number of pyridine rings is 1. The van der Waals surface area contributed by atoms with E-state index in [0.717, 1.165) is 44.4 Å². The Morgan fingerprint density at radius 1 is 1.11 bits per heavy atom. The van der Waals surface area contributed by atoms with Gasteiger partial charge in [-0.25, -0.2) is 0 Å². The van der Waals surface area contributed by atoms with Crippen molar-refractivity contribution in [3.05, 3.63) is 63.2 Å². The lowest BCUT2D eigenvalue weighted by molar-refractivity contribution is 0.916. The van der Waals surface area contributed by atoms with E-state index in [1.165, 1.54) is 0 Å². The van der Waals surface area contributed by atoms with Crippen molar-refractivity contribution in [2.24, 2.45) is 0 Å². The van der Waals surface area contributed by atoms with Crippen molar-refractivity contribution in [3.8, 4) is 0 Å². The monoisotopic (exact) mass is 462 g/mol. The van der Waals surface area contributed by atoms with E-state index >= 15 is 0 Å². The van der Waals surface area contributed by atoms with Crippen LogP contribution >= 0.6 is 39.7 Å². The zero-order valence-electron chi connectivity index (χ0n) is 15.1. The van der Waals surface area contributed by atoms with Crippen LogP contribution in [0, 0.1) is 13.8 Å². The van der Waals surface area contributed by atoms with Crippen LogP contribution in [0.1, 0.15) is 11.1 Å². The summed E-state index contributed by atoms with van der Waals surface area (Å²) in [5.74, 6) is 0. The van der Waals surface area contributed by atoms with Crippen molar-refractivity contribution in [1.29, 1.82) is 0 Å². The fourth-order valence-electron chi connectivity index (χ4n) is 2.91. The molecule has 0 aliphatic carbocycles. The number of rotatable bonds is 5. The van der Waals surface area contributed by atoms with E-state index < -0.39 is 0 Å². The summed E-state index contributed by atoms with van der Waals surface area (Å²) < 4.78 is 1.07. The van der Waals surface area contributed by atoms with Crippen molar-refractivity contribution in [1.82, 2.24) is 10.3 Å². The molecular weight excluding hydrogens is 444 g/mol. The molecule has 0 bridgehead atoms. The number of nitrogens with one attached hydrogen (secondary N) is 3. The molecule has 1 heterocycles. The number of nitrogens with zero attached hydrogens (tertiary/aromatic N) is 1. The maximum absolute atomic E-state index is 6.04. The number of benzene rings is 2. The first-order valence-electron chi connectivity index (χ1n) is 8.54. The van der Waals surface area contributed by atoms with Crippen molar-refractivity contribution < 1.29 is 0 Å². The third-order valence-corrected chi connectivity index (χ3v) is 5.11. The van der Waals surface area contributed by atoms with Crippen LogP contribution in [0.5, 0.6) is 0 Å². The lowest BCUT2D eigenvalue weighted by Gasteiger charge is -2.16. The molecule has 0 atom stereocenters. The molecule has 4 nitrogen and oxygen atoms in total. The lowest BCUT2D eigenvalue weighted by Crippen LogP contribution is -2.32. The van der Waals surface area contributed by atoms with Gasteiger partial charge in [0.05, 0.1) is 5.52 Å². The second-order valence-corrected chi connectivity index (χ2v) is 8.00. The maximum Gasteiger partial charge on any atom is 0.170 e. The summed E-state index contributed by atoms with van der Waals surface area (Å²) in [6.45, 7) is 5.54. The van der Waals surface area contributed by atoms with E-state index in [9.17, 15) is 0 Å². The van der Waals surface area contributed by atoms with Crippen LogP contribution in [0.15, 0.2) is 47.1 Å². The molecule has 0 radical (unpaired) electrons. The molecule has 2 aromatic carbocycles. The first-order valence-corrected chi connectivity index (χ1v) is 10.1. The van der Waals surface area contributed by atoms with Gasteiger partial charge in [-0.1, -0.05) is 27.5 Å². The van der Waals surface area contributed by atoms with E-state index in [1.54, 1.807) is 6.20 Å². The zero-order valence-corrected chi connectivity index (χ0v) is 18.2. The van der Waals surface area contributed by atoms with Crippen LogP contribution in [-0.4, -0.2) is 23.2 Å². The van der Waals surface area contributed by atoms with Gasteiger partial charge in [0.2, 0.25) is 0 Å². The fraction of sp³-hybridized carbons (Fsp3) is 0.200. The second-order valence-electron chi connectivity index (χ2n) is 6.24. The van der Waals surface area contributed by atoms with Crippen LogP contribution in [0.2, 0.25) is 5.02 Å². The highest BCUT2D eigenvalue weighted by Crippen LogP contribution is 2.25. The summed E-state index contributed by atoms with van der Waals surface area (Å²) in [5, 5.41) is 12.3. The number of aryl methyl sites for hydroxylation is 2. The molecule has 0 aliphatic heterocycles. The zero-order chi connectivity index (χ0) is 19.4. The molecule has 3 rings (SSSR count). The van der Waals surface area contributed by atoms with Crippen molar-refractivity contribution >= 4 is 67.1 Å². The summed E-state index contributed by atoms with van der Waals surface area (Å²) in [5.41, 5.74) is 5.23. The Bertz CT molecular complexity index is 970. The molecule has 1 aromatic heterocycles. The highest BCUT2D eigenvalue weighted by Gasteiger charge is 2.06. The Hall–Kier alpha value is -1.89. The van der Waals surface area contributed by atoms with E-state index in [4.69, 9.17) is 23.8 Å². The summed E-state index contributed by atoms with van der Waals surface area (Å²) in [7, 11) is 0. The molecular formula is C20H20BrClN4S. The summed E-state index contributed by atoms with van der Waals surface area (Å²) in [6.07, 6.45) is 1.78. The fourth-order valence-corrected chi connectivity index (χ4v) is 3.97. The molecule has 3 aromatic rings. The second kappa shape index (κ2) is 8.87. The normalized spacial score (nSPS) is 10.7. The van der Waals surface area contributed by atoms with Crippen LogP contribution < -0.4 is 16.0 Å². The van der Waals surface area contributed by atoms with Crippen molar-refractivity contribution in [2.45, 2.75) is 13.8 Å². The molecule has 0 saturated heterocycles. The average molecular weight is 464 g/mol. The number of halogens is 2. The Labute approximate surface area is 177 Å². The number of thiocarbonyl (C=S) groups is 1. The summed E-state index contributed by atoms with van der Waals surface area (Å²) in [4.78, 5) is 4.35. The van der Waals surface area contributed by atoms with Gasteiger partial charge >= 0.3 is 0 Å². The average Bonchev–Trinajstić information content (AvgIpc) is 2.61. The highest BCUT2D eigenvalue weighted by atomic mass is 79.9. The Morgan fingerprint density at radius 2 is 1.85 bits per heavy atom. The van der Waals surface area contributed by atoms with Gasteiger partial charge in [0.15, 0.2) is 5.11 Å². The molecule has 0 spiro atoms. The quantitative estimate of drug-likeness (QED) is 0.336. The van der Waals surface area contributed by atoms with E-state index in [-0.39, 0.29) is 0 Å². The number of aromatic nitrogens is 1. The van der Waals surface area contributed by atoms with Crippen LogP contribution in [-0.2, 0) is 0 Å². The van der Waals surface area contributed by atoms with E-state index in [0.29, 0.717) is 16.7 Å². The van der Waals surface area contributed by atoms with Gasteiger partial charge in [-0.2, -0.15) is 0 Å². The molecule has 140 valence electrons. The third-order valence-electron chi connectivity index (χ3n) is 4.17. The molecule has 0 unspecified atom stereocenters. The summed E-state index contributed by atoms with van der Waals surface area (Å²) >= 11 is 15.0. The molecule has 0 saturated carbocycles. The Balaban J connectivity index is 1.54. The van der Waals surface area contributed by atoms with Crippen molar-refractivity contribution in [3.63, 3.8) is 0 Å². The van der Waals surface area contributed by atoms with Gasteiger partial charge in [-0.15, -0.1) is 0 Å². The molecule has 0 amide bonds. The topological polar surface area (TPSA) is 49.0 Å². The van der Waals surface area contributed by atoms with Gasteiger partial charge in [0.25, 0.3) is 0 Å². The van der Waals surface area contributed by atoms with Crippen LogP contribution in [0.3, 0.4) is 0 Å². The number of hydrogen-bond donors (Lipinski definition) is 3. The summed E-state index contributed by atoms with van der Waals surface area (Å²) in [6, 6.07) is 11.8. The maximum atomic E-state index is 6.04. The largest absolute Gasteiger partial charge is 0.383 e. The van der Waals surface area contributed by atoms with E-state index in [1.807, 2.05) is 24.3 Å². The first kappa shape index (κ1) is 19.9. The minimum Gasteiger partial charge on any atom is -0.383 e. The van der Waals surface area contributed by atoms with E-state index in [2.05, 4.69) is 62.8 Å². The van der Waals surface area contributed by atoms with Gasteiger partial charge in [0, 0.05) is 45.5 Å². The number of fused-ring (bicyclic) bond motifs is 1. The smallest absolute Gasteiger partial charge is 0.170 e.